The van der Waals surface area contributed by atoms with Gasteiger partial charge in [0.25, 0.3) is 5.91 Å². The van der Waals surface area contributed by atoms with Crippen molar-refractivity contribution >= 4 is 22.8 Å². The van der Waals surface area contributed by atoms with E-state index in [-0.39, 0.29) is 11.5 Å². The van der Waals surface area contributed by atoms with Gasteiger partial charge in [0.05, 0.1) is 11.1 Å². The normalized spacial score (nSPS) is 10.7. The number of hydrogen-bond donors (Lipinski definition) is 2. The lowest BCUT2D eigenvalue weighted by atomic mass is 10.1. The van der Waals surface area contributed by atoms with Crippen molar-refractivity contribution in [1.82, 2.24) is 15.1 Å². The van der Waals surface area contributed by atoms with Crippen molar-refractivity contribution in [1.29, 1.82) is 0 Å². The first-order valence-corrected chi connectivity index (χ1v) is 7.07. The van der Waals surface area contributed by atoms with Gasteiger partial charge in [0.2, 0.25) is 0 Å². The third-order valence-corrected chi connectivity index (χ3v) is 3.64. The number of nitrogens with one attached hydrogen (secondary N) is 1. The molecule has 0 atom stereocenters. The molecule has 0 saturated carbocycles. The molecule has 1 amide bonds. The molecule has 0 spiro atoms. The summed E-state index contributed by atoms with van der Waals surface area (Å²) < 4.78 is 0. The molecule has 0 bridgehead atoms. The van der Waals surface area contributed by atoms with Gasteiger partial charge in [-0.15, -0.1) is 0 Å². The summed E-state index contributed by atoms with van der Waals surface area (Å²) in [6, 6.07) is 13.9. The predicted octanol–water partition coefficient (Wildman–Crippen LogP) is 2.53. The van der Waals surface area contributed by atoms with Crippen LogP contribution in [0.25, 0.3) is 10.9 Å². The van der Waals surface area contributed by atoms with Crippen LogP contribution in [0.2, 0.25) is 0 Å². The monoisotopic (exact) mass is 309 g/mol. The molecule has 23 heavy (non-hydrogen) atoms. The summed E-state index contributed by atoms with van der Waals surface area (Å²) >= 11 is 0. The molecule has 6 nitrogen and oxygen atoms in total. The lowest BCUT2D eigenvalue weighted by Gasteiger charge is -2.16. The van der Waals surface area contributed by atoms with Gasteiger partial charge in [0.15, 0.2) is 5.69 Å². The third-order valence-electron chi connectivity index (χ3n) is 3.64. The van der Waals surface area contributed by atoms with E-state index < -0.39 is 5.97 Å². The zero-order chi connectivity index (χ0) is 16.4. The highest BCUT2D eigenvalue weighted by molar-refractivity contribution is 6.04. The van der Waals surface area contributed by atoms with Crippen molar-refractivity contribution in [3.05, 3.63) is 65.4 Å². The highest BCUT2D eigenvalue weighted by atomic mass is 16.4. The second-order valence-electron chi connectivity index (χ2n) is 5.28. The molecule has 0 fully saturated rings. The second-order valence-corrected chi connectivity index (χ2v) is 5.28. The summed E-state index contributed by atoms with van der Waals surface area (Å²) in [6.07, 6.45) is 0. The molecule has 1 heterocycles. The zero-order valence-electron chi connectivity index (χ0n) is 12.5. The highest BCUT2D eigenvalue weighted by Gasteiger charge is 2.18. The molecule has 0 aliphatic heterocycles. The summed E-state index contributed by atoms with van der Waals surface area (Å²) in [5, 5.41) is 16.6. The fourth-order valence-corrected chi connectivity index (χ4v) is 2.41. The van der Waals surface area contributed by atoms with E-state index in [4.69, 9.17) is 5.11 Å². The van der Waals surface area contributed by atoms with Crippen LogP contribution in [-0.4, -0.2) is 39.1 Å². The lowest BCUT2D eigenvalue weighted by molar-refractivity contribution is 0.0695. The number of carbonyl (C=O) groups is 2. The molecule has 0 aliphatic rings. The number of aromatic carboxylic acids is 1. The van der Waals surface area contributed by atoms with E-state index in [1.165, 1.54) is 12.1 Å². The molecule has 0 unspecified atom stereocenters. The number of carbonyl (C=O) groups excluding carboxylic acids is 1. The molecule has 3 rings (SSSR count). The molecule has 6 heteroatoms. The summed E-state index contributed by atoms with van der Waals surface area (Å²) in [4.78, 5) is 24.9. The van der Waals surface area contributed by atoms with Gasteiger partial charge in [0, 0.05) is 19.0 Å². The molecule has 0 saturated heterocycles. The molecular formula is C17H15N3O3. The fraction of sp³-hybridized carbons (Fsp3) is 0.118. The maximum atomic E-state index is 12.5. The van der Waals surface area contributed by atoms with Gasteiger partial charge in [-0.1, -0.05) is 30.3 Å². The van der Waals surface area contributed by atoms with E-state index in [2.05, 4.69) is 10.2 Å². The first kappa shape index (κ1) is 14.8. The minimum atomic E-state index is -0.969. The van der Waals surface area contributed by atoms with Crippen LogP contribution < -0.4 is 0 Å². The van der Waals surface area contributed by atoms with Gasteiger partial charge in [-0.25, -0.2) is 4.79 Å². The van der Waals surface area contributed by atoms with E-state index in [1.54, 1.807) is 24.1 Å². The van der Waals surface area contributed by atoms with Gasteiger partial charge in [-0.3, -0.25) is 9.89 Å². The van der Waals surface area contributed by atoms with Gasteiger partial charge < -0.3 is 10.0 Å². The van der Waals surface area contributed by atoms with Crippen molar-refractivity contribution in [3.63, 3.8) is 0 Å². The molecule has 0 radical (unpaired) electrons. The number of benzene rings is 2. The number of carboxylic acids is 1. The molecule has 2 N–H and O–H groups in total. The first-order chi connectivity index (χ1) is 11.1. The van der Waals surface area contributed by atoms with Crippen LogP contribution in [0.3, 0.4) is 0 Å². The Morgan fingerprint density at radius 3 is 2.52 bits per heavy atom. The summed E-state index contributed by atoms with van der Waals surface area (Å²) in [5.41, 5.74) is 2.27. The van der Waals surface area contributed by atoms with Crippen LogP contribution in [0, 0.1) is 0 Å². The Bertz CT molecular complexity index is 868. The van der Waals surface area contributed by atoms with Crippen LogP contribution in [-0.2, 0) is 6.54 Å². The van der Waals surface area contributed by atoms with Gasteiger partial charge in [0.1, 0.15) is 0 Å². The minimum absolute atomic E-state index is 0.190. The number of amides is 1. The predicted molar refractivity (Wildman–Crippen MR) is 85.3 cm³/mol. The maximum Gasteiger partial charge on any atom is 0.335 e. The minimum Gasteiger partial charge on any atom is -0.478 e. The van der Waals surface area contributed by atoms with E-state index in [0.29, 0.717) is 12.2 Å². The standard InChI is InChI=1S/C17H15N3O3/c1-20(10-11-6-8-12(9-7-11)17(22)23)16(21)15-13-4-2-3-5-14(13)18-19-15/h2-9H,10H2,1H3,(H,18,19)(H,22,23). The summed E-state index contributed by atoms with van der Waals surface area (Å²) in [7, 11) is 1.69. The third kappa shape index (κ3) is 2.91. The van der Waals surface area contributed by atoms with Gasteiger partial charge >= 0.3 is 5.97 Å². The average molecular weight is 309 g/mol. The van der Waals surface area contributed by atoms with Gasteiger partial charge in [-0.2, -0.15) is 5.10 Å². The number of para-hydroxylation sites is 1. The summed E-state index contributed by atoms with van der Waals surface area (Å²) in [5.74, 6) is -1.16. The SMILES string of the molecule is CN(Cc1ccc(C(=O)O)cc1)C(=O)c1n[nH]c2ccccc12. The Labute approximate surface area is 132 Å². The molecule has 116 valence electrons. The first-order valence-electron chi connectivity index (χ1n) is 7.07. The van der Waals surface area contributed by atoms with E-state index >= 15 is 0 Å². The number of carboxylic acid groups (broad SMARTS) is 1. The Kier molecular flexibility index (Phi) is 3.80. The second kappa shape index (κ2) is 5.92. The maximum absolute atomic E-state index is 12.5. The summed E-state index contributed by atoms with van der Waals surface area (Å²) in [6.45, 7) is 0.375. The van der Waals surface area contributed by atoms with Crippen LogP contribution in [0.1, 0.15) is 26.4 Å². The van der Waals surface area contributed by atoms with Crippen LogP contribution >= 0.6 is 0 Å². The number of aromatic amines is 1. The van der Waals surface area contributed by atoms with E-state index in [1.807, 2.05) is 24.3 Å². The van der Waals surface area contributed by atoms with E-state index in [9.17, 15) is 9.59 Å². The number of rotatable bonds is 4. The largest absolute Gasteiger partial charge is 0.478 e. The Morgan fingerprint density at radius 2 is 1.83 bits per heavy atom. The highest BCUT2D eigenvalue weighted by Crippen LogP contribution is 2.17. The number of nitrogens with zero attached hydrogens (tertiary/aromatic N) is 2. The van der Waals surface area contributed by atoms with Crippen LogP contribution in [0.5, 0.6) is 0 Å². The van der Waals surface area contributed by atoms with Crippen molar-refractivity contribution in [2.75, 3.05) is 7.05 Å². The van der Waals surface area contributed by atoms with Crippen molar-refractivity contribution in [2.24, 2.45) is 0 Å². The Balaban J connectivity index is 1.78. The number of aromatic nitrogens is 2. The van der Waals surface area contributed by atoms with Crippen molar-refractivity contribution in [2.45, 2.75) is 6.54 Å². The zero-order valence-corrected chi connectivity index (χ0v) is 12.5. The van der Waals surface area contributed by atoms with Crippen molar-refractivity contribution in [3.8, 4) is 0 Å². The number of hydrogen-bond acceptors (Lipinski definition) is 3. The molecular weight excluding hydrogens is 294 g/mol. The van der Waals surface area contributed by atoms with Crippen LogP contribution in [0.4, 0.5) is 0 Å². The van der Waals surface area contributed by atoms with Crippen molar-refractivity contribution < 1.29 is 14.7 Å². The lowest BCUT2D eigenvalue weighted by Crippen LogP contribution is -2.26. The molecule has 1 aromatic heterocycles. The molecule has 0 aliphatic carbocycles. The molecule has 3 aromatic rings. The van der Waals surface area contributed by atoms with Crippen LogP contribution in [0.15, 0.2) is 48.5 Å². The van der Waals surface area contributed by atoms with E-state index in [0.717, 1.165) is 16.5 Å². The Hall–Kier alpha value is -3.15. The fourth-order valence-electron chi connectivity index (χ4n) is 2.41. The Morgan fingerprint density at radius 1 is 1.13 bits per heavy atom. The molecule has 2 aromatic carbocycles. The topological polar surface area (TPSA) is 86.3 Å². The smallest absolute Gasteiger partial charge is 0.335 e. The number of fused-ring (bicyclic) bond motifs is 1. The average Bonchev–Trinajstić information content (AvgIpc) is 2.98. The van der Waals surface area contributed by atoms with Gasteiger partial charge in [-0.05, 0) is 23.8 Å². The quantitative estimate of drug-likeness (QED) is 0.775. The number of H-pyrrole nitrogens is 1.